The van der Waals surface area contributed by atoms with Gasteiger partial charge in [-0.15, -0.1) is 0 Å². The second kappa shape index (κ2) is 14.7. The Hall–Kier alpha value is -3.41. The van der Waals surface area contributed by atoms with Gasteiger partial charge in [0.15, 0.2) is 17.3 Å². The average Bonchev–Trinajstić information content (AvgIpc) is 3.74. The molecule has 4 heterocycles. The first-order chi connectivity index (χ1) is 20.5. The molecule has 42 heavy (non-hydrogen) atoms. The Morgan fingerprint density at radius 3 is 2.29 bits per heavy atom. The summed E-state index contributed by atoms with van der Waals surface area (Å²) < 4.78 is 39.4. The van der Waals surface area contributed by atoms with Gasteiger partial charge in [0, 0.05) is 19.4 Å². The van der Waals surface area contributed by atoms with Crippen molar-refractivity contribution in [2.75, 3.05) is 38.3 Å². The van der Waals surface area contributed by atoms with Gasteiger partial charge in [0.25, 0.3) is 5.88 Å². The highest BCUT2D eigenvalue weighted by molar-refractivity contribution is 8.16. The van der Waals surface area contributed by atoms with E-state index in [1.54, 1.807) is 7.11 Å². The third-order valence-corrected chi connectivity index (χ3v) is 8.62. The number of nitrogens with zero attached hydrogens (tertiary/aromatic N) is 3. The van der Waals surface area contributed by atoms with E-state index in [1.807, 2.05) is 48.8 Å². The fourth-order valence-corrected chi connectivity index (χ4v) is 5.83. The predicted octanol–water partition coefficient (Wildman–Crippen LogP) is 6.39. The summed E-state index contributed by atoms with van der Waals surface area (Å²) in [4.78, 5) is 14.2. The summed E-state index contributed by atoms with van der Waals surface area (Å²) in [6, 6.07) is 11.7. The summed E-state index contributed by atoms with van der Waals surface area (Å²) in [5.74, 6) is 2.44. The number of pyridine rings is 1. The minimum absolute atomic E-state index is 0.00745. The average molecular weight is 597 g/mol. The number of rotatable bonds is 13. The zero-order valence-electron chi connectivity index (χ0n) is 24.7. The van der Waals surface area contributed by atoms with Crippen LogP contribution in [0.2, 0.25) is 0 Å². The monoisotopic (exact) mass is 596 g/mol. The quantitative estimate of drug-likeness (QED) is 0.223. The number of para-hydroxylation sites is 2. The van der Waals surface area contributed by atoms with Gasteiger partial charge in [-0.1, -0.05) is 32.0 Å². The van der Waals surface area contributed by atoms with Crippen LogP contribution in [0, 0.1) is 0 Å². The molecule has 2 saturated heterocycles. The van der Waals surface area contributed by atoms with Crippen LogP contribution in [-0.4, -0.2) is 66.1 Å². The molecular weight excluding hydrogens is 556 g/mol. The van der Waals surface area contributed by atoms with Crippen molar-refractivity contribution in [2.45, 2.75) is 69.6 Å². The molecule has 0 amide bonds. The maximum Gasteiger partial charge on any atom is 0.322 e. The largest absolute Gasteiger partial charge is 0.493 e. The minimum Gasteiger partial charge on any atom is -0.493 e. The summed E-state index contributed by atoms with van der Waals surface area (Å²) in [7, 11) is 0.983. The molecule has 1 N–H and O–H groups in total. The van der Waals surface area contributed by atoms with Crippen molar-refractivity contribution in [3.63, 3.8) is 0 Å². The number of benzene rings is 1. The number of hydrogen-bond acceptors (Lipinski definition) is 10. The van der Waals surface area contributed by atoms with Gasteiger partial charge >= 0.3 is 6.01 Å². The molecule has 226 valence electrons. The molecule has 0 radical (unpaired) electrons. The van der Waals surface area contributed by atoms with Crippen molar-refractivity contribution >= 4 is 21.9 Å². The van der Waals surface area contributed by atoms with Crippen LogP contribution in [0.4, 0.5) is 5.82 Å². The van der Waals surface area contributed by atoms with Crippen molar-refractivity contribution in [1.82, 2.24) is 15.0 Å². The molecule has 2 fully saturated rings. The molecule has 0 bridgehead atoms. The fraction of sp³-hybridized carbons (Fsp3) is 0.484. The third kappa shape index (κ3) is 7.70. The predicted molar refractivity (Wildman–Crippen MR) is 164 cm³/mol. The van der Waals surface area contributed by atoms with E-state index < -0.39 is 10.7 Å². The molecule has 0 saturated carbocycles. The maximum atomic E-state index is 6.45. The molecule has 2 aromatic heterocycles. The van der Waals surface area contributed by atoms with Gasteiger partial charge < -0.3 is 33.1 Å². The van der Waals surface area contributed by atoms with Crippen LogP contribution in [0.1, 0.15) is 57.9 Å². The van der Waals surface area contributed by atoms with Crippen LogP contribution in [0.15, 0.2) is 47.6 Å². The van der Waals surface area contributed by atoms with E-state index in [4.69, 9.17) is 38.4 Å². The van der Waals surface area contributed by atoms with Crippen LogP contribution in [-0.2, 0) is 9.47 Å². The Bertz CT molecular complexity index is 1340. The number of nitrogens with one attached hydrogen (secondary N) is 1. The van der Waals surface area contributed by atoms with Gasteiger partial charge in [0.2, 0.25) is 5.75 Å². The molecule has 0 spiro atoms. The van der Waals surface area contributed by atoms with Crippen molar-refractivity contribution in [3.8, 4) is 29.1 Å². The number of hydrogen-bond donors (Lipinski definition) is 1. The van der Waals surface area contributed by atoms with Gasteiger partial charge in [0.05, 0.1) is 19.3 Å². The fourth-order valence-electron chi connectivity index (χ4n) is 4.64. The molecule has 3 atom stereocenters. The Kier molecular flexibility index (Phi) is 10.5. The molecule has 10 nitrogen and oxygen atoms in total. The van der Waals surface area contributed by atoms with E-state index >= 15 is 0 Å². The SMILES string of the molecule is C/C=S(/Nc1nc(OCC2CCCO2)nc(OCC2CCCO2)c1Oc1ccccc1OC)c1ccc(C(C)C)cn1. The first-order valence-electron chi connectivity index (χ1n) is 14.5. The zero-order chi connectivity index (χ0) is 29.3. The summed E-state index contributed by atoms with van der Waals surface area (Å²) in [6.45, 7) is 8.43. The Morgan fingerprint density at radius 1 is 0.976 bits per heavy atom. The highest BCUT2D eigenvalue weighted by Crippen LogP contribution is 2.43. The summed E-state index contributed by atoms with van der Waals surface area (Å²) >= 11 is 0. The molecule has 3 unspecified atom stereocenters. The zero-order valence-corrected chi connectivity index (χ0v) is 25.5. The molecular formula is C31H40N4O6S. The van der Waals surface area contributed by atoms with Crippen molar-refractivity contribution in [2.24, 2.45) is 0 Å². The molecule has 1 aromatic carbocycles. The Labute approximate surface area is 250 Å². The van der Waals surface area contributed by atoms with E-state index in [9.17, 15) is 0 Å². The topological polar surface area (TPSA) is 106 Å². The van der Waals surface area contributed by atoms with Crippen LogP contribution in [0.5, 0.6) is 29.1 Å². The Balaban J connectivity index is 1.52. The van der Waals surface area contributed by atoms with Crippen molar-refractivity contribution in [1.29, 1.82) is 0 Å². The summed E-state index contributed by atoms with van der Waals surface area (Å²) in [5.41, 5.74) is 1.18. The molecule has 3 aromatic rings. The van der Waals surface area contributed by atoms with Crippen LogP contribution in [0.3, 0.4) is 0 Å². The lowest BCUT2D eigenvalue weighted by molar-refractivity contribution is 0.0601. The van der Waals surface area contributed by atoms with Gasteiger partial charge in [-0.3, -0.25) is 0 Å². The van der Waals surface area contributed by atoms with Gasteiger partial charge in [-0.2, -0.15) is 9.97 Å². The second-order valence-corrected chi connectivity index (χ2v) is 12.2. The lowest BCUT2D eigenvalue weighted by Crippen LogP contribution is -2.19. The first kappa shape index (κ1) is 30.1. The van der Waals surface area contributed by atoms with Gasteiger partial charge in [-0.25, -0.2) is 4.98 Å². The lowest BCUT2D eigenvalue weighted by atomic mass is 10.1. The Morgan fingerprint density at radius 2 is 1.69 bits per heavy atom. The number of anilines is 1. The van der Waals surface area contributed by atoms with Crippen LogP contribution in [0.25, 0.3) is 0 Å². The number of aromatic nitrogens is 3. The summed E-state index contributed by atoms with van der Waals surface area (Å²) in [6.07, 6.45) is 5.79. The molecule has 2 aliphatic rings. The maximum absolute atomic E-state index is 6.45. The van der Waals surface area contributed by atoms with Crippen LogP contribution >= 0.6 is 10.7 Å². The second-order valence-electron chi connectivity index (χ2n) is 10.4. The van der Waals surface area contributed by atoms with Crippen LogP contribution < -0.4 is 23.7 Å². The van der Waals surface area contributed by atoms with Crippen molar-refractivity contribution in [3.05, 3.63) is 48.2 Å². The minimum atomic E-state index is -0.619. The number of methoxy groups -OCH3 is 1. The standard InChI is InChI=1S/C31H40N4O6S/c1-5-42(27-15-14-22(18-32-27)21(2)3)35-29-28(41-26-13-7-6-12-25(26)36-4)30(39-19-23-10-8-16-37-23)34-31(33-29)40-20-24-11-9-17-38-24/h5-7,12-15,18,21,23-24H,8-11,16-17,19-20H2,1-4H3,(H,33,34,35). The highest BCUT2D eigenvalue weighted by atomic mass is 32.2. The number of ether oxygens (including phenoxy) is 6. The third-order valence-electron chi connectivity index (χ3n) is 7.04. The van der Waals surface area contributed by atoms with Gasteiger partial charge in [-0.05, 0) is 78.3 Å². The highest BCUT2D eigenvalue weighted by Gasteiger charge is 2.25. The lowest BCUT2D eigenvalue weighted by Gasteiger charge is -2.20. The molecule has 0 aliphatic carbocycles. The van der Waals surface area contributed by atoms with E-state index in [0.717, 1.165) is 43.9 Å². The molecule has 11 heteroatoms. The van der Waals surface area contributed by atoms with E-state index in [0.29, 0.717) is 42.2 Å². The van der Waals surface area contributed by atoms with E-state index in [1.165, 1.54) is 5.56 Å². The normalized spacial score (nSPS) is 19.2. The van der Waals surface area contributed by atoms with E-state index in [2.05, 4.69) is 29.6 Å². The van der Waals surface area contributed by atoms with Gasteiger partial charge in [0.1, 0.15) is 18.2 Å². The molecule has 2 aliphatic heterocycles. The summed E-state index contributed by atoms with van der Waals surface area (Å²) in [5, 5.41) is 2.92. The van der Waals surface area contributed by atoms with Crippen molar-refractivity contribution < 1.29 is 28.4 Å². The first-order valence-corrected chi connectivity index (χ1v) is 15.8. The molecule has 5 rings (SSSR count). The van der Waals surface area contributed by atoms with E-state index in [-0.39, 0.29) is 24.1 Å². The smallest absolute Gasteiger partial charge is 0.322 e.